The summed E-state index contributed by atoms with van der Waals surface area (Å²) < 4.78 is 0. The minimum absolute atomic E-state index is 0.0429. The number of nitrogens with one attached hydrogen (secondary N) is 1. The highest BCUT2D eigenvalue weighted by atomic mass is 32.1. The smallest absolute Gasteiger partial charge is 0.233 e. The van der Waals surface area contributed by atoms with E-state index in [4.69, 9.17) is 0 Å². The fourth-order valence-corrected chi connectivity index (χ4v) is 4.59. The van der Waals surface area contributed by atoms with Gasteiger partial charge in [-0.1, -0.05) is 35.9 Å². The van der Waals surface area contributed by atoms with E-state index in [1.807, 2.05) is 36.6 Å². The van der Waals surface area contributed by atoms with Crippen LogP contribution in [0.4, 0.5) is 5.13 Å². The molecule has 27 heavy (non-hydrogen) atoms. The monoisotopic (exact) mass is 373 g/mol. The van der Waals surface area contributed by atoms with Crippen molar-refractivity contribution in [3.63, 3.8) is 0 Å². The van der Waals surface area contributed by atoms with Gasteiger partial charge in [-0.05, 0) is 49.1 Å². The number of nitrogens with zero attached hydrogens (tertiary/aromatic N) is 2. The molecule has 2 aromatic carbocycles. The van der Waals surface area contributed by atoms with E-state index in [-0.39, 0.29) is 11.8 Å². The molecule has 0 saturated heterocycles. The fourth-order valence-electron chi connectivity index (χ4n) is 4.07. The number of fused-ring (bicyclic) bond motifs is 1. The summed E-state index contributed by atoms with van der Waals surface area (Å²) in [4.78, 5) is 17.5. The second kappa shape index (κ2) is 6.64. The Labute approximate surface area is 162 Å². The second-order valence-electron chi connectivity index (χ2n) is 7.26. The number of hydrogen-bond acceptors (Lipinski definition) is 4. The third kappa shape index (κ3) is 3.02. The highest BCUT2D eigenvalue weighted by Gasteiger charge is 2.49. The van der Waals surface area contributed by atoms with Crippen LogP contribution in [0.15, 0.2) is 54.0 Å². The van der Waals surface area contributed by atoms with Crippen molar-refractivity contribution < 1.29 is 4.79 Å². The van der Waals surface area contributed by atoms with E-state index in [9.17, 15) is 10.1 Å². The first-order chi connectivity index (χ1) is 13.0. The summed E-state index contributed by atoms with van der Waals surface area (Å²) in [7, 11) is 0. The summed E-state index contributed by atoms with van der Waals surface area (Å²) in [6.45, 7) is 4.06. The number of benzene rings is 2. The van der Waals surface area contributed by atoms with Crippen molar-refractivity contribution in [2.45, 2.75) is 26.2 Å². The van der Waals surface area contributed by atoms with Crippen LogP contribution in [0, 0.1) is 23.7 Å². The Morgan fingerprint density at radius 2 is 2.19 bits per heavy atom. The van der Waals surface area contributed by atoms with E-state index in [1.165, 1.54) is 11.3 Å². The Bertz CT molecular complexity index is 1050. The van der Waals surface area contributed by atoms with Crippen molar-refractivity contribution in [1.82, 2.24) is 4.98 Å². The molecule has 0 fully saturated rings. The molecule has 5 heteroatoms. The Morgan fingerprint density at radius 1 is 1.33 bits per heavy atom. The lowest BCUT2D eigenvalue weighted by Crippen LogP contribution is -2.37. The molecule has 134 valence electrons. The Balaban J connectivity index is 1.83. The minimum atomic E-state index is -0.657. The van der Waals surface area contributed by atoms with Crippen LogP contribution in [0.2, 0.25) is 0 Å². The molecule has 0 saturated carbocycles. The molecule has 1 heterocycles. The first-order valence-corrected chi connectivity index (χ1v) is 9.69. The third-order valence-corrected chi connectivity index (χ3v) is 6.02. The number of anilines is 1. The molecule has 1 amide bonds. The largest absolute Gasteiger partial charge is 0.301 e. The quantitative estimate of drug-likeness (QED) is 0.726. The normalized spacial score (nSPS) is 20.7. The van der Waals surface area contributed by atoms with Crippen LogP contribution < -0.4 is 5.32 Å². The first kappa shape index (κ1) is 17.4. The second-order valence-corrected chi connectivity index (χ2v) is 8.15. The molecular weight excluding hydrogens is 354 g/mol. The van der Waals surface area contributed by atoms with Crippen LogP contribution in [-0.4, -0.2) is 10.9 Å². The van der Waals surface area contributed by atoms with E-state index in [0.29, 0.717) is 17.1 Å². The van der Waals surface area contributed by atoms with Crippen LogP contribution in [-0.2, 0) is 11.2 Å². The zero-order chi connectivity index (χ0) is 19.0. The lowest BCUT2D eigenvalue weighted by atomic mass is 9.73. The number of hydrogen-bond donors (Lipinski definition) is 1. The number of nitriles is 1. The molecule has 1 aliphatic rings. The van der Waals surface area contributed by atoms with Crippen LogP contribution in [0.3, 0.4) is 0 Å². The predicted octanol–water partition coefficient (Wildman–Crippen LogP) is 4.66. The molecule has 1 aromatic heterocycles. The van der Waals surface area contributed by atoms with Gasteiger partial charge in [-0.25, -0.2) is 4.98 Å². The van der Waals surface area contributed by atoms with Gasteiger partial charge in [0.15, 0.2) is 5.13 Å². The van der Waals surface area contributed by atoms with Crippen molar-refractivity contribution >= 4 is 22.4 Å². The Morgan fingerprint density at radius 3 is 2.89 bits per heavy atom. The van der Waals surface area contributed by atoms with Crippen LogP contribution in [0.5, 0.6) is 0 Å². The lowest BCUT2D eigenvalue weighted by Gasteiger charge is -2.31. The molecule has 0 aliphatic heterocycles. The van der Waals surface area contributed by atoms with E-state index in [1.54, 1.807) is 6.20 Å². The van der Waals surface area contributed by atoms with Gasteiger partial charge in [-0.3, -0.25) is 4.79 Å². The molecule has 0 spiro atoms. The molecule has 4 nitrogen and oxygen atoms in total. The standard InChI is InChI=1S/C22H19N3OS/c1-14-4-3-5-16(10-14)19-18-11-15(13-23)6-7-17(18)12-22(19,2)20(26)25-21-24-8-9-27-21/h3-11,19H,12H2,1-2H3,(H,24,25,26). The summed E-state index contributed by atoms with van der Waals surface area (Å²) in [6, 6.07) is 16.3. The average molecular weight is 373 g/mol. The lowest BCUT2D eigenvalue weighted by molar-refractivity contribution is -0.125. The molecule has 2 atom stereocenters. The SMILES string of the molecule is Cc1cccc(C2c3cc(C#N)ccc3CC2(C)C(=O)Nc2nccs2)c1. The van der Waals surface area contributed by atoms with Crippen molar-refractivity contribution in [3.05, 3.63) is 81.9 Å². The van der Waals surface area contributed by atoms with Gasteiger partial charge in [0.25, 0.3) is 0 Å². The number of thiazole rings is 1. The van der Waals surface area contributed by atoms with Gasteiger partial charge in [0.05, 0.1) is 17.0 Å². The van der Waals surface area contributed by atoms with Gasteiger partial charge < -0.3 is 5.32 Å². The summed E-state index contributed by atoms with van der Waals surface area (Å²) >= 11 is 1.41. The summed E-state index contributed by atoms with van der Waals surface area (Å²) in [5.41, 5.74) is 4.40. The summed E-state index contributed by atoms with van der Waals surface area (Å²) in [5.74, 6) is -0.153. The maximum atomic E-state index is 13.3. The van der Waals surface area contributed by atoms with E-state index >= 15 is 0 Å². The van der Waals surface area contributed by atoms with Crippen LogP contribution in [0.1, 0.15) is 40.7 Å². The van der Waals surface area contributed by atoms with Gasteiger partial charge in [-0.2, -0.15) is 5.26 Å². The van der Waals surface area contributed by atoms with Crippen LogP contribution in [0.25, 0.3) is 0 Å². The molecule has 1 N–H and O–H groups in total. The van der Waals surface area contributed by atoms with E-state index in [0.717, 1.165) is 22.3 Å². The molecule has 0 radical (unpaired) electrons. The maximum absolute atomic E-state index is 13.3. The Kier molecular flexibility index (Phi) is 4.29. The minimum Gasteiger partial charge on any atom is -0.301 e. The zero-order valence-corrected chi connectivity index (χ0v) is 16.0. The highest BCUT2D eigenvalue weighted by molar-refractivity contribution is 7.13. The van der Waals surface area contributed by atoms with Gasteiger partial charge in [0.2, 0.25) is 5.91 Å². The number of carbonyl (C=O) groups is 1. The number of carbonyl (C=O) groups excluding carboxylic acids is 1. The van der Waals surface area contributed by atoms with E-state index < -0.39 is 5.41 Å². The highest BCUT2D eigenvalue weighted by Crippen LogP contribution is 2.51. The summed E-state index contributed by atoms with van der Waals surface area (Å²) in [5, 5.41) is 14.8. The average Bonchev–Trinajstić information content (AvgIpc) is 3.26. The molecule has 0 bridgehead atoms. The Hall–Kier alpha value is -2.97. The van der Waals surface area contributed by atoms with Gasteiger partial charge >= 0.3 is 0 Å². The van der Waals surface area contributed by atoms with Crippen molar-refractivity contribution in [2.75, 3.05) is 5.32 Å². The number of aryl methyl sites for hydroxylation is 1. The number of aromatic nitrogens is 1. The van der Waals surface area contributed by atoms with Crippen molar-refractivity contribution in [3.8, 4) is 6.07 Å². The summed E-state index contributed by atoms with van der Waals surface area (Å²) in [6.07, 6.45) is 2.31. The van der Waals surface area contributed by atoms with Gasteiger partial charge in [0, 0.05) is 17.5 Å². The van der Waals surface area contributed by atoms with E-state index in [2.05, 4.69) is 41.5 Å². The molecule has 2 unspecified atom stereocenters. The third-order valence-electron chi connectivity index (χ3n) is 5.33. The van der Waals surface area contributed by atoms with Crippen LogP contribution >= 0.6 is 11.3 Å². The van der Waals surface area contributed by atoms with Crippen molar-refractivity contribution in [1.29, 1.82) is 5.26 Å². The fraction of sp³-hybridized carbons (Fsp3) is 0.227. The number of amides is 1. The van der Waals surface area contributed by atoms with Gasteiger partial charge in [0.1, 0.15) is 0 Å². The first-order valence-electron chi connectivity index (χ1n) is 8.82. The van der Waals surface area contributed by atoms with Gasteiger partial charge in [-0.15, -0.1) is 11.3 Å². The molecular formula is C22H19N3OS. The zero-order valence-electron chi connectivity index (χ0n) is 15.2. The topological polar surface area (TPSA) is 65.8 Å². The molecule has 1 aliphatic carbocycles. The molecule has 3 aromatic rings. The maximum Gasteiger partial charge on any atom is 0.233 e. The number of rotatable bonds is 3. The van der Waals surface area contributed by atoms with Crippen molar-refractivity contribution in [2.24, 2.45) is 5.41 Å². The predicted molar refractivity (Wildman–Crippen MR) is 107 cm³/mol. The molecule has 4 rings (SSSR count).